The predicted octanol–water partition coefficient (Wildman–Crippen LogP) is 4.73. The first-order chi connectivity index (χ1) is 14.3. The Morgan fingerprint density at radius 2 is 1.73 bits per heavy atom. The summed E-state index contributed by atoms with van der Waals surface area (Å²) in [4.78, 5) is 12.5. The van der Waals surface area contributed by atoms with Crippen molar-refractivity contribution in [3.63, 3.8) is 0 Å². The lowest BCUT2D eigenvalue weighted by atomic mass is 10.2. The van der Waals surface area contributed by atoms with Crippen LogP contribution in [-0.2, 0) is 16.6 Å². The fourth-order valence-corrected chi connectivity index (χ4v) is 4.33. The van der Waals surface area contributed by atoms with Gasteiger partial charge in [0.25, 0.3) is 5.91 Å². The second kappa shape index (κ2) is 9.49. The molecule has 0 bridgehead atoms. The molecule has 0 saturated heterocycles. The summed E-state index contributed by atoms with van der Waals surface area (Å²) < 4.78 is 33.4. The Bertz CT molecular complexity index is 1170. The first-order valence-corrected chi connectivity index (χ1v) is 11.0. The molecule has 0 radical (unpaired) electrons. The van der Waals surface area contributed by atoms with Crippen molar-refractivity contribution in [1.29, 1.82) is 0 Å². The third-order valence-corrected chi connectivity index (χ3v) is 6.17. The second-order valence-electron chi connectivity index (χ2n) is 6.25. The van der Waals surface area contributed by atoms with Gasteiger partial charge in [-0.3, -0.25) is 4.79 Å². The highest BCUT2D eigenvalue weighted by atomic mass is 35.5. The van der Waals surface area contributed by atoms with E-state index in [4.69, 9.17) is 27.9 Å². The van der Waals surface area contributed by atoms with E-state index in [1.165, 1.54) is 31.4 Å². The third-order valence-electron chi connectivity index (χ3n) is 4.20. The van der Waals surface area contributed by atoms with E-state index in [1.807, 2.05) is 18.2 Å². The van der Waals surface area contributed by atoms with Crippen LogP contribution in [0.2, 0.25) is 10.0 Å². The number of benzene rings is 3. The summed E-state index contributed by atoms with van der Waals surface area (Å²) in [6.07, 6.45) is 0. The molecule has 2 N–H and O–H groups in total. The van der Waals surface area contributed by atoms with E-state index in [2.05, 4.69) is 10.0 Å². The molecule has 30 heavy (non-hydrogen) atoms. The number of halogens is 2. The van der Waals surface area contributed by atoms with E-state index >= 15 is 0 Å². The quantitative estimate of drug-likeness (QED) is 0.528. The zero-order valence-corrected chi connectivity index (χ0v) is 18.2. The predicted molar refractivity (Wildman–Crippen MR) is 118 cm³/mol. The van der Waals surface area contributed by atoms with E-state index < -0.39 is 15.9 Å². The van der Waals surface area contributed by atoms with Gasteiger partial charge in [-0.2, -0.15) is 0 Å². The average Bonchev–Trinajstić information content (AvgIpc) is 2.74. The smallest absolute Gasteiger partial charge is 0.255 e. The molecule has 0 heterocycles. The van der Waals surface area contributed by atoms with Crippen molar-refractivity contribution in [3.05, 3.63) is 87.9 Å². The van der Waals surface area contributed by atoms with E-state index in [-0.39, 0.29) is 27.8 Å². The molecule has 3 rings (SSSR count). The van der Waals surface area contributed by atoms with Crippen LogP contribution in [0, 0.1) is 0 Å². The van der Waals surface area contributed by atoms with Gasteiger partial charge in [0.05, 0.1) is 17.8 Å². The SMILES string of the molecule is COc1ccc(C(=O)Nc2ccc(Cl)cc2Cl)cc1S(=O)(=O)NCc1ccccc1. The topological polar surface area (TPSA) is 84.5 Å². The lowest BCUT2D eigenvalue weighted by molar-refractivity contribution is 0.102. The van der Waals surface area contributed by atoms with Crippen molar-refractivity contribution in [2.75, 3.05) is 12.4 Å². The van der Waals surface area contributed by atoms with Gasteiger partial charge in [-0.1, -0.05) is 53.5 Å². The molecule has 0 aromatic heterocycles. The summed E-state index contributed by atoms with van der Waals surface area (Å²) in [5.74, 6) is -0.405. The van der Waals surface area contributed by atoms with Gasteiger partial charge in [0.1, 0.15) is 10.6 Å². The van der Waals surface area contributed by atoms with Crippen molar-refractivity contribution >= 4 is 44.8 Å². The van der Waals surface area contributed by atoms with Crippen LogP contribution in [0.15, 0.2) is 71.6 Å². The van der Waals surface area contributed by atoms with E-state index in [1.54, 1.807) is 24.3 Å². The van der Waals surface area contributed by atoms with Crippen molar-refractivity contribution in [1.82, 2.24) is 4.72 Å². The minimum atomic E-state index is -3.94. The highest BCUT2D eigenvalue weighted by Gasteiger charge is 2.22. The highest BCUT2D eigenvalue weighted by Crippen LogP contribution is 2.28. The Kier molecular flexibility index (Phi) is 6.99. The Hall–Kier alpha value is -2.58. The highest BCUT2D eigenvalue weighted by molar-refractivity contribution is 7.89. The molecule has 3 aromatic carbocycles. The van der Waals surface area contributed by atoms with Gasteiger partial charge in [-0.15, -0.1) is 0 Å². The minimum Gasteiger partial charge on any atom is -0.495 e. The summed E-state index contributed by atoms with van der Waals surface area (Å²) in [7, 11) is -2.58. The maximum Gasteiger partial charge on any atom is 0.255 e. The van der Waals surface area contributed by atoms with Crippen LogP contribution in [0.4, 0.5) is 5.69 Å². The molecule has 0 aliphatic heterocycles. The van der Waals surface area contributed by atoms with Crippen LogP contribution in [0.1, 0.15) is 15.9 Å². The summed E-state index contributed by atoms with van der Waals surface area (Å²) in [5.41, 5.74) is 1.28. The zero-order chi connectivity index (χ0) is 21.7. The van der Waals surface area contributed by atoms with E-state index in [0.717, 1.165) is 5.56 Å². The third kappa shape index (κ3) is 5.31. The van der Waals surface area contributed by atoms with Gasteiger partial charge in [-0.25, -0.2) is 13.1 Å². The Balaban J connectivity index is 1.86. The molecular weight excluding hydrogens is 447 g/mol. The molecule has 1 amide bonds. The molecule has 0 unspecified atom stereocenters. The number of hydrogen-bond donors (Lipinski definition) is 2. The number of hydrogen-bond acceptors (Lipinski definition) is 4. The van der Waals surface area contributed by atoms with Crippen LogP contribution < -0.4 is 14.8 Å². The molecule has 6 nitrogen and oxygen atoms in total. The Labute approximate surface area is 184 Å². The number of sulfonamides is 1. The lowest BCUT2D eigenvalue weighted by Crippen LogP contribution is -2.24. The number of carbonyl (C=O) groups is 1. The standard InChI is InChI=1S/C21H18Cl2N2O4S/c1-29-19-10-7-15(21(26)25-18-9-8-16(22)12-17(18)23)11-20(19)30(27,28)24-13-14-5-3-2-4-6-14/h2-12,24H,13H2,1H3,(H,25,26). The fraction of sp³-hybridized carbons (Fsp3) is 0.0952. The molecule has 0 fully saturated rings. The molecule has 9 heteroatoms. The summed E-state index contributed by atoms with van der Waals surface area (Å²) in [5, 5.41) is 3.34. The summed E-state index contributed by atoms with van der Waals surface area (Å²) in [6, 6.07) is 17.9. The second-order valence-corrected chi connectivity index (χ2v) is 8.83. The van der Waals surface area contributed by atoms with Crippen molar-refractivity contribution in [3.8, 4) is 5.75 Å². The molecule has 3 aromatic rings. The average molecular weight is 465 g/mol. The molecule has 0 aliphatic carbocycles. The van der Waals surface area contributed by atoms with E-state index in [0.29, 0.717) is 10.7 Å². The summed E-state index contributed by atoms with van der Waals surface area (Å²) >= 11 is 12.0. The van der Waals surface area contributed by atoms with Crippen LogP contribution in [0.5, 0.6) is 5.75 Å². The van der Waals surface area contributed by atoms with Gasteiger partial charge < -0.3 is 10.1 Å². The molecule has 0 spiro atoms. The number of methoxy groups -OCH3 is 1. The van der Waals surface area contributed by atoms with Crippen LogP contribution >= 0.6 is 23.2 Å². The van der Waals surface area contributed by atoms with Gasteiger partial charge in [-0.05, 0) is 42.0 Å². The normalized spacial score (nSPS) is 11.2. The molecular formula is C21H18Cl2N2O4S. The number of amides is 1. The molecule has 0 aliphatic rings. The maximum absolute atomic E-state index is 12.9. The molecule has 0 saturated carbocycles. The largest absolute Gasteiger partial charge is 0.495 e. The first-order valence-electron chi connectivity index (χ1n) is 8.78. The van der Waals surface area contributed by atoms with Crippen LogP contribution in [-0.4, -0.2) is 21.4 Å². The first kappa shape index (κ1) is 22.1. The molecule has 0 atom stereocenters. The monoisotopic (exact) mass is 464 g/mol. The maximum atomic E-state index is 12.9. The minimum absolute atomic E-state index is 0.100. The Morgan fingerprint density at radius 3 is 2.40 bits per heavy atom. The number of nitrogens with one attached hydrogen (secondary N) is 2. The fourth-order valence-electron chi connectivity index (χ4n) is 2.67. The number of rotatable bonds is 7. The lowest BCUT2D eigenvalue weighted by Gasteiger charge is -2.13. The van der Waals surface area contributed by atoms with Crippen molar-refractivity contribution < 1.29 is 17.9 Å². The zero-order valence-electron chi connectivity index (χ0n) is 15.9. The number of carbonyl (C=O) groups excluding carboxylic acids is 1. The number of anilines is 1. The van der Waals surface area contributed by atoms with Gasteiger partial charge in [0, 0.05) is 17.1 Å². The summed E-state index contributed by atoms with van der Waals surface area (Å²) in [6.45, 7) is 0.100. The van der Waals surface area contributed by atoms with Crippen molar-refractivity contribution in [2.24, 2.45) is 0 Å². The van der Waals surface area contributed by atoms with Gasteiger partial charge >= 0.3 is 0 Å². The van der Waals surface area contributed by atoms with Crippen LogP contribution in [0.25, 0.3) is 0 Å². The number of ether oxygens (including phenoxy) is 1. The van der Waals surface area contributed by atoms with Gasteiger partial charge in [0.2, 0.25) is 10.0 Å². The Morgan fingerprint density at radius 1 is 1.00 bits per heavy atom. The van der Waals surface area contributed by atoms with Crippen molar-refractivity contribution in [2.45, 2.75) is 11.4 Å². The van der Waals surface area contributed by atoms with Gasteiger partial charge in [0.15, 0.2) is 0 Å². The van der Waals surface area contributed by atoms with E-state index in [9.17, 15) is 13.2 Å². The molecule has 156 valence electrons. The van der Waals surface area contributed by atoms with Crippen LogP contribution in [0.3, 0.4) is 0 Å².